The van der Waals surface area contributed by atoms with Crippen molar-refractivity contribution in [2.24, 2.45) is 5.10 Å². The van der Waals surface area contributed by atoms with Gasteiger partial charge in [-0.25, -0.2) is 13.8 Å². The summed E-state index contributed by atoms with van der Waals surface area (Å²) in [4.78, 5) is 12.1. The lowest BCUT2D eigenvalue weighted by Crippen LogP contribution is -2.36. The zero-order valence-electron chi connectivity index (χ0n) is 15.1. The van der Waals surface area contributed by atoms with Crippen molar-refractivity contribution in [2.75, 3.05) is 20.7 Å². The number of amides is 1. The van der Waals surface area contributed by atoms with E-state index in [2.05, 4.69) is 26.5 Å². The Bertz CT molecular complexity index is 961. The van der Waals surface area contributed by atoms with E-state index in [9.17, 15) is 13.2 Å². The SMILES string of the molecule is COc1ccc(S(=O)(=O)N(C)CC(=O)N/N=C/c2cccc(Br)c2)cc1C. The minimum absolute atomic E-state index is 0.0914. The maximum atomic E-state index is 12.6. The van der Waals surface area contributed by atoms with Crippen LogP contribution < -0.4 is 10.2 Å². The molecule has 0 fully saturated rings. The van der Waals surface area contributed by atoms with Crippen molar-refractivity contribution in [1.82, 2.24) is 9.73 Å². The number of hydrazone groups is 1. The molecule has 0 saturated carbocycles. The van der Waals surface area contributed by atoms with Crippen LogP contribution in [0.25, 0.3) is 0 Å². The molecule has 2 aromatic carbocycles. The van der Waals surface area contributed by atoms with Crippen LogP contribution >= 0.6 is 15.9 Å². The monoisotopic (exact) mass is 453 g/mol. The third-order valence-corrected chi connectivity index (χ3v) is 5.98. The Balaban J connectivity index is 2.01. The van der Waals surface area contributed by atoms with Gasteiger partial charge in [-0.2, -0.15) is 9.41 Å². The Morgan fingerprint density at radius 3 is 2.67 bits per heavy atom. The number of nitrogens with zero attached hydrogens (tertiary/aromatic N) is 2. The number of methoxy groups -OCH3 is 1. The molecule has 0 radical (unpaired) electrons. The van der Waals surface area contributed by atoms with Crippen LogP contribution in [-0.2, 0) is 14.8 Å². The Morgan fingerprint density at radius 1 is 1.30 bits per heavy atom. The van der Waals surface area contributed by atoms with Gasteiger partial charge in [-0.1, -0.05) is 28.1 Å². The molecule has 0 saturated heterocycles. The number of nitrogens with one attached hydrogen (secondary N) is 1. The predicted molar refractivity (Wildman–Crippen MR) is 107 cm³/mol. The molecular weight excluding hydrogens is 434 g/mol. The number of benzene rings is 2. The summed E-state index contributed by atoms with van der Waals surface area (Å²) in [5.74, 6) is 0.0498. The standard InChI is InChI=1S/C18H20BrN3O4S/c1-13-9-16(7-8-17(13)26-3)27(24,25)22(2)12-18(23)21-20-11-14-5-4-6-15(19)10-14/h4-11H,12H2,1-3H3,(H,21,23)/b20-11+. The average molecular weight is 454 g/mol. The van der Waals surface area contributed by atoms with Crippen LogP contribution in [-0.4, -0.2) is 45.5 Å². The van der Waals surface area contributed by atoms with E-state index in [1.807, 2.05) is 24.3 Å². The summed E-state index contributed by atoms with van der Waals surface area (Å²) >= 11 is 3.34. The highest BCUT2D eigenvalue weighted by molar-refractivity contribution is 9.10. The number of ether oxygens (including phenoxy) is 1. The number of sulfonamides is 1. The minimum atomic E-state index is -3.81. The molecule has 0 aromatic heterocycles. The third kappa shape index (κ3) is 5.62. The molecule has 2 aromatic rings. The number of likely N-dealkylation sites (N-methyl/N-ethyl adjacent to an activating group) is 1. The molecule has 0 aliphatic heterocycles. The van der Waals surface area contributed by atoms with Crippen LogP contribution in [0.3, 0.4) is 0 Å². The maximum Gasteiger partial charge on any atom is 0.255 e. The second kappa shape index (κ2) is 9.12. The van der Waals surface area contributed by atoms with Crippen LogP contribution in [0.15, 0.2) is 56.9 Å². The Labute approximate surface area is 167 Å². The number of halogens is 1. The highest BCUT2D eigenvalue weighted by Gasteiger charge is 2.23. The topological polar surface area (TPSA) is 88.1 Å². The van der Waals surface area contributed by atoms with Crippen molar-refractivity contribution in [3.8, 4) is 5.75 Å². The summed E-state index contributed by atoms with van der Waals surface area (Å²) in [5, 5.41) is 3.84. The Hall–Kier alpha value is -2.23. The van der Waals surface area contributed by atoms with Gasteiger partial charge in [0.2, 0.25) is 10.0 Å². The second-order valence-corrected chi connectivity index (χ2v) is 8.70. The zero-order valence-corrected chi connectivity index (χ0v) is 17.5. The first kappa shape index (κ1) is 21.1. The van der Waals surface area contributed by atoms with Crippen LogP contribution in [0.2, 0.25) is 0 Å². The third-order valence-electron chi connectivity index (χ3n) is 3.69. The molecule has 0 aliphatic rings. The molecule has 0 unspecified atom stereocenters. The van der Waals surface area contributed by atoms with E-state index < -0.39 is 15.9 Å². The summed E-state index contributed by atoms with van der Waals surface area (Å²) < 4.78 is 32.2. The zero-order chi connectivity index (χ0) is 20.0. The van der Waals surface area contributed by atoms with Gasteiger partial charge in [0.15, 0.2) is 0 Å². The number of hydrogen-bond donors (Lipinski definition) is 1. The fourth-order valence-electron chi connectivity index (χ4n) is 2.28. The number of carbonyl (C=O) groups excluding carboxylic acids is 1. The van der Waals surface area contributed by atoms with E-state index in [1.165, 1.54) is 32.5 Å². The average Bonchev–Trinajstić information content (AvgIpc) is 2.61. The first-order valence-electron chi connectivity index (χ1n) is 7.92. The highest BCUT2D eigenvalue weighted by atomic mass is 79.9. The summed E-state index contributed by atoms with van der Waals surface area (Å²) in [6, 6.07) is 11.9. The van der Waals surface area contributed by atoms with E-state index in [-0.39, 0.29) is 11.4 Å². The molecule has 0 bridgehead atoms. The summed E-state index contributed by atoms with van der Waals surface area (Å²) in [7, 11) is -0.950. The number of rotatable bonds is 7. The molecule has 1 N–H and O–H groups in total. The molecule has 9 heteroatoms. The number of aryl methyl sites for hydroxylation is 1. The van der Waals surface area contributed by atoms with E-state index in [0.29, 0.717) is 11.3 Å². The van der Waals surface area contributed by atoms with Gasteiger partial charge >= 0.3 is 0 Å². The summed E-state index contributed by atoms with van der Waals surface area (Å²) in [6.45, 7) is 1.39. The quantitative estimate of drug-likeness (QED) is 0.515. The fraction of sp³-hybridized carbons (Fsp3) is 0.222. The molecular formula is C18H20BrN3O4S. The van der Waals surface area contributed by atoms with E-state index >= 15 is 0 Å². The van der Waals surface area contributed by atoms with Gasteiger partial charge in [-0.3, -0.25) is 4.79 Å². The molecule has 0 heterocycles. The van der Waals surface area contributed by atoms with Crippen molar-refractivity contribution in [1.29, 1.82) is 0 Å². The Kier molecular flexibility index (Phi) is 7.11. The van der Waals surface area contributed by atoms with Crippen LogP contribution in [0.1, 0.15) is 11.1 Å². The first-order valence-corrected chi connectivity index (χ1v) is 10.2. The number of hydrogen-bond acceptors (Lipinski definition) is 5. The van der Waals surface area contributed by atoms with Crippen LogP contribution in [0.5, 0.6) is 5.75 Å². The second-order valence-electron chi connectivity index (χ2n) is 5.74. The molecule has 0 atom stereocenters. The van der Waals surface area contributed by atoms with Gasteiger partial charge in [0.25, 0.3) is 5.91 Å². The first-order chi connectivity index (χ1) is 12.7. The lowest BCUT2D eigenvalue weighted by Gasteiger charge is -2.17. The lowest BCUT2D eigenvalue weighted by atomic mass is 10.2. The van der Waals surface area contributed by atoms with Gasteiger partial charge in [0, 0.05) is 11.5 Å². The van der Waals surface area contributed by atoms with Crippen molar-refractivity contribution >= 4 is 38.1 Å². The molecule has 1 amide bonds. The van der Waals surface area contributed by atoms with Gasteiger partial charge in [-0.15, -0.1) is 0 Å². The van der Waals surface area contributed by atoms with Crippen LogP contribution in [0.4, 0.5) is 0 Å². The maximum absolute atomic E-state index is 12.6. The van der Waals surface area contributed by atoms with E-state index in [0.717, 1.165) is 14.3 Å². The van der Waals surface area contributed by atoms with Crippen molar-refractivity contribution < 1.29 is 17.9 Å². The fourth-order valence-corrected chi connectivity index (χ4v) is 3.91. The van der Waals surface area contributed by atoms with E-state index in [4.69, 9.17) is 4.74 Å². The van der Waals surface area contributed by atoms with Gasteiger partial charge in [0.05, 0.1) is 24.8 Å². The molecule has 7 nitrogen and oxygen atoms in total. The molecule has 27 heavy (non-hydrogen) atoms. The minimum Gasteiger partial charge on any atom is -0.496 e. The van der Waals surface area contributed by atoms with Crippen molar-refractivity contribution in [3.05, 3.63) is 58.1 Å². The van der Waals surface area contributed by atoms with Gasteiger partial charge in [-0.05, 0) is 48.4 Å². The molecule has 0 aliphatic carbocycles. The van der Waals surface area contributed by atoms with E-state index in [1.54, 1.807) is 13.0 Å². The predicted octanol–water partition coefficient (Wildman–Crippen LogP) is 2.54. The highest BCUT2D eigenvalue weighted by Crippen LogP contribution is 2.23. The summed E-state index contributed by atoms with van der Waals surface area (Å²) in [5.41, 5.74) is 3.80. The largest absolute Gasteiger partial charge is 0.496 e. The molecule has 0 spiro atoms. The van der Waals surface area contributed by atoms with Crippen molar-refractivity contribution in [3.63, 3.8) is 0 Å². The molecule has 2 rings (SSSR count). The lowest BCUT2D eigenvalue weighted by molar-refractivity contribution is -0.121. The Morgan fingerprint density at radius 2 is 2.04 bits per heavy atom. The smallest absolute Gasteiger partial charge is 0.255 e. The van der Waals surface area contributed by atoms with Gasteiger partial charge in [0.1, 0.15) is 5.75 Å². The van der Waals surface area contributed by atoms with Crippen molar-refractivity contribution in [2.45, 2.75) is 11.8 Å². The van der Waals surface area contributed by atoms with Gasteiger partial charge < -0.3 is 4.74 Å². The molecule has 144 valence electrons. The number of carbonyl (C=O) groups is 1. The van der Waals surface area contributed by atoms with Crippen LogP contribution in [0, 0.1) is 6.92 Å². The normalized spacial score (nSPS) is 11.7. The summed E-state index contributed by atoms with van der Waals surface area (Å²) in [6.07, 6.45) is 1.48.